The Morgan fingerprint density at radius 1 is 1.26 bits per heavy atom. The molecule has 0 spiro atoms. The number of nitrogens with zero attached hydrogens (tertiary/aromatic N) is 1. The van der Waals surface area contributed by atoms with E-state index in [4.69, 9.17) is 4.74 Å². The summed E-state index contributed by atoms with van der Waals surface area (Å²) in [4.78, 5) is 15.5. The number of nitrogens with one attached hydrogen (secondary N) is 2. The molecule has 1 aromatic carbocycles. The van der Waals surface area contributed by atoms with Gasteiger partial charge in [-0.25, -0.2) is 0 Å². The van der Waals surface area contributed by atoms with Gasteiger partial charge in [0.2, 0.25) is 5.91 Å². The number of hydrogen-bond acceptors (Lipinski definition) is 4. The number of likely N-dealkylation sites (tertiary alicyclic amines) is 1. The molecule has 1 amide bonds. The summed E-state index contributed by atoms with van der Waals surface area (Å²) in [5, 5.41) is 6.85. The van der Waals surface area contributed by atoms with Crippen LogP contribution < -0.4 is 15.4 Å². The normalized spacial score (nSPS) is 31.2. The Balaban J connectivity index is 0.00000210. The number of ether oxygens (including phenoxy) is 1. The van der Waals surface area contributed by atoms with Crippen molar-refractivity contribution >= 4 is 18.3 Å². The first kappa shape index (κ1) is 20.4. The summed E-state index contributed by atoms with van der Waals surface area (Å²) in [6.45, 7) is 4.18. The summed E-state index contributed by atoms with van der Waals surface area (Å²) >= 11 is 0. The molecule has 0 bridgehead atoms. The SMILES string of the molecule is COc1cccc(C2C(NC(=O)[C@H]3CCN[C@@H](C)C3)CCN2C2CC2)c1.Cl. The molecule has 1 aromatic rings. The molecular formula is C21H32ClN3O2. The zero-order valence-electron chi connectivity index (χ0n) is 16.3. The molecule has 5 nitrogen and oxygen atoms in total. The fourth-order valence-corrected chi connectivity index (χ4v) is 4.70. The number of methoxy groups -OCH3 is 1. The first-order valence-electron chi connectivity index (χ1n) is 10.1. The van der Waals surface area contributed by atoms with Gasteiger partial charge in [-0.2, -0.15) is 0 Å². The van der Waals surface area contributed by atoms with E-state index < -0.39 is 0 Å². The second kappa shape index (κ2) is 8.80. The van der Waals surface area contributed by atoms with E-state index in [1.54, 1.807) is 7.11 Å². The Morgan fingerprint density at radius 3 is 2.78 bits per heavy atom. The van der Waals surface area contributed by atoms with Crippen molar-refractivity contribution in [3.05, 3.63) is 29.8 Å². The highest BCUT2D eigenvalue weighted by Gasteiger charge is 2.43. The highest BCUT2D eigenvalue weighted by Crippen LogP contribution is 2.41. The molecule has 2 unspecified atom stereocenters. The second-order valence-electron chi connectivity index (χ2n) is 8.17. The molecule has 4 rings (SSSR count). The van der Waals surface area contributed by atoms with E-state index >= 15 is 0 Å². The van der Waals surface area contributed by atoms with Crippen LogP contribution >= 0.6 is 12.4 Å². The summed E-state index contributed by atoms with van der Waals surface area (Å²) in [7, 11) is 1.71. The van der Waals surface area contributed by atoms with Crippen molar-refractivity contribution < 1.29 is 9.53 Å². The van der Waals surface area contributed by atoms with Gasteiger partial charge in [-0.1, -0.05) is 12.1 Å². The number of carbonyl (C=O) groups excluding carboxylic acids is 1. The fraction of sp³-hybridized carbons (Fsp3) is 0.667. The zero-order valence-corrected chi connectivity index (χ0v) is 17.1. The Morgan fingerprint density at radius 2 is 2.07 bits per heavy atom. The van der Waals surface area contributed by atoms with Crippen LogP contribution in [0, 0.1) is 5.92 Å². The molecule has 6 heteroatoms. The van der Waals surface area contributed by atoms with Gasteiger partial charge in [0.25, 0.3) is 0 Å². The molecule has 1 saturated carbocycles. The number of rotatable bonds is 5. The van der Waals surface area contributed by atoms with Gasteiger partial charge in [-0.3, -0.25) is 9.69 Å². The van der Waals surface area contributed by atoms with Crippen LogP contribution in [0.5, 0.6) is 5.75 Å². The van der Waals surface area contributed by atoms with Gasteiger partial charge < -0.3 is 15.4 Å². The van der Waals surface area contributed by atoms with Crippen molar-refractivity contribution in [3.8, 4) is 5.75 Å². The third kappa shape index (κ3) is 4.58. The molecule has 3 fully saturated rings. The van der Waals surface area contributed by atoms with Crippen molar-refractivity contribution in [1.82, 2.24) is 15.5 Å². The lowest BCUT2D eigenvalue weighted by Gasteiger charge is -2.32. The lowest BCUT2D eigenvalue weighted by atomic mass is 9.91. The van der Waals surface area contributed by atoms with E-state index in [2.05, 4.69) is 40.7 Å². The monoisotopic (exact) mass is 393 g/mol. The Kier molecular flexibility index (Phi) is 6.66. The molecular weight excluding hydrogens is 362 g/mol. The average Bonchev–Trinajstić information content (AvgIpc) is 3.42. The van der Waals surface area contributed by atoms with Gasteiger partial charge >= 0.3 is 0 Å². The topological polar surface area (TPSA) is 53.6 Å². The van der Waals surface area contributed by atoms with Crippen LogP contribution in [0.4, 0.5) is 0 Å². The van der Waals surface area contributed by atoms with E-state index in [9.17, 15) is 4.79 Å². The predicted molar refractivity (Wildman–Crippen MR) is 109 cm³/mol. The lowest BCUT2D eigenvalue weighted by Crippen LogP contribution is -2.46. The van der Waals surface area contributed by atoms with E-state index in [0.717, 1.165) is 38.1 Å². The van der Waals surface area contributed by atoms with Gasteiger partial charge in [0, 0.05) is 30.6 Å². The Hall–Kier alpha value is -1.30. The van der Waals surface area contributed by atoms with Crippen LogP contribution in [0.15, 0.2) is 24.3 Å². The molecule has 0 aromatic heterocycles. The molecule has 4 atom stereocenters. The third-order valence-electron chi connectivity index (χ3n) is 6.21. The van der Waals surface area contributed by atoms with E-state index in [1.807, 2.05) is 6.07 Å². The van der Waals surface area contributed by atoms with Gasteiger partial charge in [0.1, 0.15) is 5.75 Å². The molecule has 150 valence electrons. The number of piperidine rings is 1. The van der Waals surface area contributed by atoms with Crippen LogP contribution in [-0.4, -0.2) is 49.1 Å². The maximum atomic E-state index is 12.9. The minimum absolute atomic E-state index is 0. The van der Waals surface area contributed by atoms with Crippen molar-refractivity contribution in [2.45, 2.75) is 63.2 Å². The average molecular weight is 394 g/mol. The van der Waals surface area contributed by atoms with Crippen molar-refractivity contribution in [1.29, 1.82) is 0 Å². The smallest absolute Gasteiger partial charge is 0.223 e. The first-order valence-corrected chi connectivity index (χ1v) is 10.1. The number of benzene rings is 1. The molecule has 2 heterocycles. The van der Waals surface area contributed by atoms with Crippen LogP contribution in [0.3, 0.4) is 0 Å². The molecule has 1 aliphatic carbocycles. The quantitative estimate of drug-likeness (QED) is 0.807. The standard InChI is InChI=1S/C21H31N3O2.ClH/c1-14-12-16(8-10-22-14)21(25)23-19-9-11-24(17-6-7-17)20(19)15-4-3-5-18(13-15)26-2;/h3-5,13-14,16-17,19-20,22H,6-12H2,1-2H3,(H,23,25);1H/t14-,16-,19?,20?;/m0./s1. The molecule has 0 radical (unpaired) electrons. The largest absolute Gasteiger partial charge is 0.497 e. The summed E-state index contributed by atoms with van der Waals surface area (Å²) in [5.41, 5.74) is 1.26. The summed E-state index contributed by atoms with van der Waals surface area (Å²) in [6.07, 6.45) is 5.48. The van der Waals surface area contributed by atoms with Crippen molar-refractivity contribution in [2.24, 2.45) is 5.92 Å². The first-order chi connectivity index (χ1) is 12.7. The van der Waals surface area contributed by atoms with Crippen molar-refractivity contribution in [2.75, 3.05) is 20.2 Å². The van der Waals surface area contributed by atoms with E-state index in [1.165, 1.54) is 18.4 Å². The van der Waals surface area contributed by atoms with Gasteiger partial charge in [0.15, 0.2) is 0 Å². The third-order valence-corrected chi connectivity index (χ3v) is 6.21. The van der Waals surface area contributed by atoms with Gasteiger partial charge in [-0.15, -0.1) is 12.4 Å². The number of halogens is 1. The lowest BCUT2D eigenvalue weighted by molar-refractivity contribution is -0.127. The predicted octanol–water partition coefficient (Wildman–Crippen LogP) is 2.90. The van der Waals surface area contributed by atoms with Gasteiger partial charge in [-0.05, 0) is 63.3 Å². The Bertz CT molecular complexity index is 652. The fourth-order valence-electron chi connectivity index (χ4n) is 4.70. The molecule has 27 heavy (non-hydrogen) atoms. The molecule has 2 saturated heterocycles. The number of hydrogen-bond donors (Lipinski definition) is 2. The van der Waals surface area contributed by atoms with E-state index in [0.29, 0.717) is 12.1 Å². The van der Waals surface area contributed by atoms with Gasteiger partial charge in [0.05, 0.1) is 13.2 Å². The zero-order chi connectivity index (χ0) is 18.1. The van der Waals surface area contributed by atoms with Crippen LogP contribution in [0.25, 0.3) is 0 Å². The summed E-state index contributed by atoms with van der Waals surface area (Å²) < 4.78 is 5.44. The summed E-state index contributed by atoms with van der Waals surface area (Å²) in [5.74, 6) is 1.28. The second-order valence-corrected chi connectivity index (χ2v) is 8.17. The minimum Gasteiger partial charge on any atom is -0.497 e. The maximum absolute atomic E-state index is 12.9. The number of amides is 1. The van der Waals surface area contributed by atoms with Crippen LogP contribution in [-0.2, 0) is 4.79 Å². The number of carbonyl (C=O) groups is 1. The highest BCUT2D eigenvalue weighted by atomic mass is 35.5. The maximum Gasteiger partial charge on any atom is 0.223 e. The van der Waals surface area contributed by atoms with Crippen molar-refractivity contribution in [3.63, 3.8) is 0 Å². The Labute approximate surface area is 168 Å². The van der Waals surface area contributed by atoms with E-state index in [-0.39, 0.29) is 36.3 Å². The molecule has 3 aliphatic rings. The van der Waals surface area contributed by atoms with Crippen LogP contribution in [0.2, 0.25) is 0 Å². The summed E-state index contributed by atoms with van der Waals surface area (Å²) in [6, 6.07) is 9.94. The van der Waals surface area contributed by atoms with Crippen LogP contribution in [0.1, 0.15) is 50.6 Å². The highest BCUT2D eigenvalue weighted by molar-refractivity contribution is 5.85. The molecule has 2 N–H and O–H groups in total. The minimum atomic E-state index is 0. The molecule has 2 aliphatic heterocycles.